The van der Waals surface area contributed by atoms with E-state index in [1.165, 1.54) is 16.5 Å². The van der Waals surface area contributed by atoms with Crippen LogP contribution in [-0.4, -0.2) is 31.4 Å². The fourth-order valence-corrected chi connectivity index (χ4v) is 3.13. The molecule has 3 nitrogen and oxygen atoms in total. The summed E-state index contributed by atoms with van der Waals surface area (Å²) >= 11 is 0. The molecule has 0 radical (unpaired) electrons. The molecule has 0 aliphatic rings. The van der Waals surface area contributed by atoms with Crippen LogP contribution in [0.25, 0.3) is 10.8 Å². The van der Waals surface area contributed by atoms with Crippen molar-refractivity contribution in [2.24, 2.45) is 0 Å². The van der Waals surface area contributed by atoms with E-state index in [0.717, 1.165) is 11.1 Å². The number of nitrogens with zero attached hydrogens (tertiary/aromatic N) is 2. The number of carbonyl (C=O) groups excluding carboxylic acids is 1. The van der Waals surface area contributed by atoms with Crippen LogP contribution in [-0.2, 0) is 17.8 Å². The van der Waals surface area contributed by atoms with Gasteiger partial charge in [0, 0.05) is 32.9 Å². The molecule has 3 heteroatoms. The first-order valence-electron chi connectivity index (χ1n) is 9.08. The van der Waals surface area contributed by atoms with Crippen molar-refractivity contribution in [1.82, 2.24) is 4.90 Å². The van der Waals surface area contributed by atoms with E-state index in [1.807, 2.05) is 38.1 Å². The molecule has 0 aliphatic heterocycles. The first-order chi connectivity index (χ1) is 12.6. The topological polar surface area (TPSA) is 23.6 Å². The smallest absolute Gasteiger partial charge is 0.227 e. The van der Waals surface area contributed by atoms with E-state index in [1.54, 1.807) is 0 Å². The van der Waals surface area contributed by atoms with Crippen molar-refractivity contribution in [2.75, 3.05) is 25.5 Å². The zero-order valence-electron chi connectivity index (χ0n) is 15.8. The minimum atomic E-state index is 0.166. The van der Waals surface area contributed by atoms with E-state index in [0.29, 0.717) is 19.5 Å². The van der Waals surface area contributed by atoms with Gasteiger partial charge in [0.05, 0.1) is 6.42 Å². The monoisotopic (exact) mass is 346 g/mol. The molecule has 0 N–H and O–H groups in total. The lowest BCUT2D eigenvalue weighted by Gasteiger charge is -2.22. The minimum absolute atomic E-state index is 0.166. The lowest BCUT2D eigenvalue weighted by molar-refractivity contribution is -0.130. The lowest BCUT2D eigenvalue weighted by atomic mass is 10.0. The second-order valence-electron chi connectivity index (χ2n) is 6.83. The van der Waals surface area contributed by atoms with Gasteiger partial charge < -0.3 is 9.80 Å². The average Bonchev–Trinajstić information content (AvgIpc) is 2.66. The number of hydrogen-bond donors (Lipinski definition) is 0. The van der Waals surface area contributed by atoms with E-state index in [-0.39, 0.29) is 5.91 Å². The third-order valence-corrected chi connectivity index (χ3v) is 4.73. The summed E-state index contributed by atoms with van der Waals surface area (Å²) < 4.78 is 0. The van der Waals surface area contributed by atoms with Crippen LogP contribution in [0.4, 0.5) is 5.69 Å². The molecule has 0 unspecified atom stereocenters. The zero-order chi connectivity index (χ0) is 18.5. The predicted molar refractivity (Wildman–Crippen MR) is 110 cm³/mol. The summed E-state index contributed by atoms with van der Waals surface area (Å²) in [5.74, 6) is 0.166. The number of carbonyl (C=O) groups is 1. The second kappa shape index (κ2) is 8.05. The van der Waals surface area contributed by atoms with Crippen molar-refractivity contribution in [3.8, 4) is 0 Å². The van der Waals surface area contributed by atoms with Crippen LogP contribution in [0.5, 0.6) is 0 Å². The predicted octanol–water partition coefficient (Wildman–Crippen LogP) is 4.50. The zero-order valence-corrected chi connectivity index (χ0v) is 15.8. The number of benzene rings is 3. The molecule has 3 aromatic carbocycles. The van der Waals surface area contributed by atoms with Gasteiger partial charge in [0.2, 0.25) is 5.91 Å². The Morgan fingerprint density at radius 2 is 1.50 bits per heavy atom. The van der Waals surface area contributed by atoms with E-state index in [2.05, 4.69) is 59.5 Å². The molecule has 0 saturated carbocycles. The Hall–Kier alpha value is -2.81. The molecule has 0 heterocycles. The molecule has 0 atom stereocenters. The summed E-state index contributed by atoms with van der Waals surface area (Å²) in [7, 11) is 4.06. The highest BCUT2D eigenvalue weighted by Gasteiger charge is 2.13. The van der Waals surface area contributed by atoms with Crippen molar-refractivity contribution in [3.63, 3.8) is 0 Å². The third-order valence-electron chi connectivity index (χ3n) is 4.73. The SMILES string of the molecule is CCN(Cc1ccc(N(C)C)cc1)C(=O)Cc1ccc2ccccc2c1. The highest BCUT2D eigenvalue weighted by atomic mass is 16.2. The summed E-state index contributed by atoms with van der Waals surface area (Å²) in [5, 5.41) is 2.39. The minimum Gasteiger partial charge on any atom is -0.378 e. The van der Waals surface area contributed by atoms with Gasteiger partial charge in [-0.3, -0.25) is 4.79 Å². The summed E-state index contributed by atoms with van der Waals surface area (Å²) in [6.07, 6.45) is 0.439. The molecule has 0 aromatic heterocycles. The molecule has 3 rings (SSSR count). The Balaban J connectivity index is 1.69. The van der Waals surface area contributed by atoms with E-state index in [9.17, 15) is 4.79 Å². The number of hydrogen-bond acceptors (Lipinski definition) is 2. The number of likely N-dealkylation sites (N-methyl/N-ethyl adjacent to an activating group) is 1. The maximum Gasteiger partial charge on any atom is 0.227 e. The molecule has 0 bridgehead atoms. The summed E-state index contributed by atoms with van der Waals surface area (Å²) in [5.41, 5.74) is 3.39. The molecule has 26 heavy (non-hydrogen) atoms. The molecule has 0 fully saturated rings. The Bertz CT molecular complexity index is 884. The van der Waals surface area contributed by atoms with Gasteiger partial charge in [0.15, 0.2) is 0 Å². The van der Waals surface area contributed by atoms with Crippen molar-refractivity contribution in [2.45, 2.75) is 19.9 Å². The summed E-state index contributed by atoms with van der Waals surface area (Å²) in [6, 6.07) is 22.9. The van der Waals surface area contributed by atoms with Gasteiger partial charge in [-0.1, -0.05) is 54.6 Å². The fourth-order valence-electron chi connectivity index (χ4n) is 3.13. The fraction of sp³-hybridized carbons (Fsp3) is 0.261. The first-order valence-corrected chi connectivity index (χ1v) is 9.08. The quantitative estimate of drug-likeness (QED) is 0.656. The Morgan fingerprint density at radius 3 is 2.15 bits per heavy atom. The van der Waals surface area contributed by atoms with Crippen LogP contribution < -0.4 is 4.90 Å². The molecule has 3 aromatic rings. The normalized spacial score (nSPS) is 10.7. The summed E-state index contributed by atoms with van der Waals surface area (Å²) in [6.45, 7) is 3.39. The van der Waals surface area contributed by atoms with Gasteiger partial charge in [-0.2, -0.15) is 0 Å². The van der Waals surface area contributed by atoms with Crippen LogP contribution >= 0.6 is 0 Å². The highest BCUT2D eigenvalue weighted by Crippen LogP contribution is 2.18. The Morgan fingerprint density at radius 1 is 0.846 bits per heavy atom. The Labute approximate surface area is 155 Å². The lowest BCUT2D eigenvalue weighted by Crippen LogP contribution is -2.31. The van der Waals surface area contributed by atoms with Gasteiger partial charge in [-0.15, -0.1) is 0 Å². The first kappa shape index (κ1) is 18.0. The van der Waals surface area contributed by atoms with Crippen LogP contribution in [0, 0.1) is 0 Å². The molecule has 0 saturated heterocycles. The van der Waals surface area contributed by atoms with Crippen LogP contribution in [0.15, 0.2) is 66.7 Å². The van der Waals surface area contributed by atoms with Crippen LogP contribution in [0.2, 0.25) is 0 Å². The summed E-state index contributed by atoms with van der Waals surface area (Å²) in [4.78, 5) is 16.8. The number of anilines is 1. The molecular formula is C23H26N2O. The number of amides is 1. The van der Waals surface area contributed by atoms with Crippen LogP contribution in [0.1, 0.15) is 18.1 Å². The van der Waals surface area contributed by atoms with Gasteiger partial charge in [-0.25, -0.2) is 0 Å². The highest BCUT2D eigenvalue weighted by molar-refractivity contribution is 5.85. The number of rotatable bonds is 6. The Kier molecular flexibility index (Phi) is 5.57. The van der Waals surface area contributed by atoms with E-state index in [4.69, 9.17) is 0 Å². The standard InChI is InChI=1S/C23H26N2O/c1-4-25(17-18-10-13-22(14-11-18)24(2)3)23(26)16-19-9-12-20-7-5-6-8-21(20)15-19/h5-15H,4,16-17H2,1-3H3. The van der Waals surface area contributed by atoms with Gasteiger partial charge in [0.1, 0.15) is 0 Å². The molecule has 0 aliphatic carbocycles. The molecular weight excluding hydrogens is 320 g/mol. The van der Waals surface area contributed by atoms with Crippen molar-refractivity contribution >= 4 is 22.4 Å². The second-order valence-corrected chi connectivity index (χ2v) is 6.83. The largest absolute Gasteiger partial charge is 0.378 e. The molecule has 0 spiro atoms. The van der Waals surface area contributed by atoms with Crippen LogP contribution in [0.3, 0.4) is 0 Å². The van der Waals surface area contributed by atoms with Gasteiger partial charge in [-0.05, 0) is 41.0 Å². The van der Waals surface area contributed by atoms with E-state index >= 15 is 0 Å². The third kappa shape index (κ3) is 4.23. The van der Waals surface area contributed by atoms with Crippen molar-refractivity contribution in [3.05, 3.63) is 77.9 Å². The van der Waals surface area contributed by atoms with E-state index < -0.39 is 0 Å². The van der Waals surface area contributed by atoms with Gasteiger partial charge in [0.25, 0.3) is 0 Å². The average molecular weight is 346 g/mol. The van der Waals surface area contributed by atoms with Gasteiger partial charge >= 0.3 is 0 Å². The maximum absolute atomic E-state index is 12.8. The number of fused-ring (bicyclic) bond motifs is 1. The molecule has 134 valence electrons. The van der Waals surface area contributed by atoms with Crippen molar-refractivity contribution < 1.29 is 4.79 Å². The van der Waals surface area contributed by atoms with Crippen molar-refractivity contribution in [1.29, 1.82) is 0 Å². The maximum atomic E-state index is 12.8. The molecule has 1 amide bonds.